The summed E-state index contributed by atoms with van der Waals surface area (Å²) < 4.78 is 83.3. The molecule has 1 aliphatic heterocycles. The molecular weight excluding hydrogens is 775 g/mol. The highest BCUT2D eigenvalue weighted by Gasteiger charge is 2.50. The third-order valence-corrected chi connectivity index (χ3v) is 11.6. The molecule has 1 saturated heterocycles. The lowest BCUT2D eigenvalue weighted by molar-refractivity contribution is -0.216. The van der Waals surface area contributed by atoms with Crippen molar-refractivity contribution in [2.45, 2.75) is 109 Å². The van der Waals surface area contributed by atoms with E-state index in [2.05, 4.69) is 20.0 Å². The first-order chi connectivity index (χ1) is 25.5. The number of rotatable bonds is 12. The number of carbonyl (C=O) groups is 2. The number of aromatic nitrogens is 2. The minimum absolute atomic E-state index is 0. The summed E-state index contributed by atoms with van der Waals surface area (Å²) in [5.41, 5.74) is -0.258. The Morgan fingerprint density at radius 1 is 0.982 bits per heavy atom. The van der Waals surface area contributed by atoms with Crippen LogP contribution < -0.4 is 14.8 Å². The van der Waals surface area contributed by atoms with Crippen LogP contribution in [0.5, 0.6) is 5.88 Å². The lowest BCUT2D eigenvalue weighted by Crippen LogP contribution is -2.58. The van der Waals surface area contributed by atoms with Crippen molar-refractivity contribution in [3.63, 3.8) is 0 Å². The second-order valence-electron chi connectivity index (χ2n) is 16.5. The van der Waals surface area contributed by atoms with E-state index in [9.17, 15) is 36.3 Å². The van der Waals surface area contributed by atoms with E-state index in [1.165, 1.54) is 24.3 Å². The fourth-order valence-electron chi connectivity index (χ4n) is 7.29. The first-order valence-corrected chi connectivity index (χ1v) is 19.7. The van der Waals surface area contributed by atoms with Crippen LogP contribution >= 0.6 is 12.4 Å². The number of aromatic carboxylic acids is 1. The van der Waals surface area contributed by atoms with Crippen LogP contribution in [0.1, 0.15) is 88.2 Å². The Bertz CT molecular complexity index is 1990. The molecule has 2 aromatic carbocycles. The molecule has 0 radical (unpaired) electrons. The number of ether oxygens (including phenoxy) is 2. The zero-order chi connectivity index (χ0) is 40.6. The number of alkyl halides is 3. The zero-order valence-corrected chi connectivity index (χ0v) is 34.3. The van der Waals surface area contributed by atoms with Gasteiger partial charge in [-0.1, -0.05) is 38.1 Å². The van der Waals surface area contributed by atoms with Crippen molar-refractivity contribution < 1.29 is 45.8 Å². The van der Waals surface area contributed by atoms with E-state index in [0.717, 1.165) is 56.7 Å². The number of sulfonamides is 1. The molecule has 1 aromatic heterocycles. The second-order valence-corrected chi connectivity index (χ2v) is 18.1. The van der Waals surface area contributed by atoms with Crippen LogP contribution in [-0.2, 0) is 14.8 Å². The van der Waals surface area contributed by atoms with Crippen molar-refractivity contribution in [2.24, 2.45) is 10.8 Å². The number of aryl methyl sites for hydroxylation is 2. The van der Waals surface area contributed by atoms with E-state index in [1.807, 2.05) is 52.8 Å². The van der Waals surface area contributed by atoms with Gasteiger partial charge in [0, 0.05) is 36.8 Å². The van der Waals surface area contributed by atoms with Crippen molar-refractivity contribution >= 4 is 40.4 Å². The van der Waals surface area contributed by atoms with Gasteiger partial charge in [-0.3, -0.25) is 0 Å². The minimum atomic E-state index is -4.49. The molecule has 1 spiro atoms. The molecule has 3 aromatic rings. The van der Waals surface area contributed by atoms with Crippen LogP contribution in [0, 0.1) is 24.7 Å². The highest BCUT2D eigenvalue weighted by Crippen LogP contribution is 2.50. The fourth-order valence-corrected chi connectivity index (χ4v) is 8.27. The molecule has 3 N–H and O–H groups in total. The molecule has 2 fully saturated rings. The molecule has 0 bridgehead atoms. The SMILES string of the molecule is Cc1cccc(C)c1-c1cc(OC[C@@H](CC(C)(C)C(F)(F)F)NC2CC3(CCN(C(=O)OC(C)(C)C)CC3)C2)nc(NS(=O)(=O)c2cccc(C(=O)O)c2)n1.Cl. The van der Waals surface area contributed by atoms with Crippen LogP contribution in [0.3, 0.4) is 0 Å². The molecule has 1 atom stereocenters. The lowest BCUT2D eigenvalue weighted by atomic mass is 9.60. The Balaban J connectivity index is 0.00000696. The summed E-state index contributed by atoms with van der Waals surface area (Å²) in [7, 11) is -4.38. The Hall–Kier alpha value is -4.15. The van der Waals surface area contributed by atoms with Crippen molar-refractivity contribution in [3.05, 3.63) is 65.2 Å². The smallest absolute Gasteiger partial charge is 0.410 e. The summed E-state index contributed by atoms with van der Waals surface area (Å²) in [4.78, 5) is 34.2. The second kappa shape index (κ2) is 16.8. The van der Waals surface area contributed by atoms with E-state index >= 15 is 0 Å². The molecule has 2 heterocycles. The monoisotopic (exact) mass is 825 g/mol. The number of hydrogen-bond donors (Lipinski definition) is 3. The lowest BCUT2D eigenvalue weighted by Gasteiger charge is -2.53. The van der Waals surface area contributed by atoms with Gasteiger partial charge in [-0.05, 0) is 101 Å². The highest BCUT2D eigenvalue weighted by molar-refractivity contribution is 7.92. The van der Waals surface area contributed by atoms with Gasteiger partial charge in [0.1, 0.15) is 12.2 Å². The van der Waals surface area contributed by atoms with Gasteiger partial charge in [-0.15, -0.1) is 12.4 Å². The number of carboxylic acids is 1. The molecule has 12 nitrogen and oxygen atoms in total. The summed E-state index contributed by atoms with van der Waals surface area (Å²) in [6.07, 6.45) is -2.15. The normalized spacial score (nSPS) is 16.7. The predicted molar refractivity (Wildman–Crippen MR) is 208 cm³/mol. The van der Waals surface area contributed by atoms with Gasteiger partial charge in [0.2, 0.25) is 11.8 Å². The highest BCUT2D eigenvalue weighted by atomic mass is 35.5. The van der Waals surface area contributed by atoms with E-state index in [-0.39, 0.29) is 65.3 Å². The van der Waals surface area contributed by atoms with Gasteiger partial charge >= 0.3 is 18.2 Å². The summed E-state index contributed by atoms with van der Waals surface area (Å²) >= 11 is 0. The van der Waals surface area contributed by atoms with Crippen LogP contribution in [0.25, 0.3) is 11.3 Å². The third-order valence-electron chi connectivity index (χ3n) is 10.3. The molecule has 17 heteroatoms. The maximum atomic E-state index is 14.2. The maximum absolute atomic E-state index is 14.2. The molecule has 5 rings (SSSR count). The topological polar surface area (TPSA) is 160 Å². The first-order valence-electron chi connectivity index (χ1n) is 18.2. The Morgan fingerprint density at radius 2 is 1.59 bits per heavy atom. The number of halogens is 4. The first kappa shape index (κ1) is 44.6. The van der Waals surface area contributed by atoms with Crippen molar-refractivity contribution in [3.8, 4) is 17.1 Å². The number of piperidine rings is 1. The quantitative estimate of drug-likeness (QED) is 0.163. The standard InChI is InChI=1S/C39H50F3N5O7S.ClH/c1-24-10-8-11-25(2)32(24)30-19-31(45-34(44-30)46-55(51,52)29-13-9-12-26(18-29)33(48)49)53-23-28(20-37(6,7)39(40,41)42)43-27-21-38(22-27)14-16-47(17-15-38)35(50)54-36(3,4)5;/h8-13,18-19,27-28,43H,14-17,20-23H2,1-7H3,(H,48,49)(H,44,45,46);1H/t28-;/m1./s1. The van der Waals surface area contributed by atoms with E-state index in [4.69, 9.17) is 9.47 Å². The maximum Gasteiger partial charge on any atom is 0.410 e. The van der Waals surface area contributed by atoms with E-state index in [1.54, 1.807) is 4.90 Å². The number of benzene rings is 2. The molecular formula is C39H51ClF3N5O7S. The van der Waals surface area contributed by atoms with Gasteiger partial charge in [-0.2, -0.15) is 18.2 Å². The van der Waals surface area contributed by atoms with Crippen LogP contribution in [0.2, 0.25) is 0 Å². The Kier molecular flexibility index (Phi) is 13.3. The number of carboxylic acid groups (broad SMARTS) is 1. The zero-order valence-electron chi connectivity index (χ0n) is 32.6. The average molecular weight is 826 g/mol. The molecule has 1 aliphatic carbocycles. The average Bonchev–Trinajstić information content (AvgIpc) is 3.05. The number of nitrogens with zero attached hydrogens (tertiary/aromatic N) is 3. The van der Waals surface area contributed by atoms with Gasteiger partial charge in [-0.25, -0.2) is 27.7 Å². The van der Waals surface area contributed by atoms with Gasteiger partial charge in [0.05, 0.1) is 21.6 Å². The number of carbonyl (C=O) groups excluding carboxylic acids is 1. The third kappa shape index (κ3) is 10.8. The molecule has 1 saturated carbocycles. The Morgan fingerprint density at radius 3 is 2.16 bits per heavy atom. The number of hydrogen-bond acceptors (Lipinski definition) is 9. The van der Waals surface area contributed by atoms with E-state index in [0.29, 0.717) is 24.3 Å². The van der Waals surface area contributed by atoms with Crippen LogP contribution in [-0.4, -0.2) is 84.0 Å². The van der Waals surface area contributed by atoms with Crippen molar-refractivity contribution in [2.75, 3.05) is 24.4 Å². The van der Waals surface area contributed by atoms with Crippen LogP contribution in [0.15, 0.2) is 53.4 Å². The molecule has 1 amide bonds. The fraction of sp³-hybridized carbons (Fsp3) is 0.538. The number of nitrogens with one attached hydrogen (secondary N) is 2. The molecule has 308 valence electrons. The van der Waals surface area contributed by atoms with E-state index < -0.39 is 39.2 Å². The minimum Gasteiger partial charge on any atom is -0.478 e. The molecule has 2 aliphatic rings. The number of likely N-dealkylation sites (tertiary alicyclic amines) is 1. The summed E-state index contributed by atoms with van der Waals surface area (Å²) in [5.74, 6) is -1.74. The largest absolute Gasteiger partial charge is 0.478 e. The van der Waals surface area contributed by atoms with Crippen molar-refractivity contribution in [1.29, 1.82) is 0 Å². The molecule has 0 unspecified atom stereocenters. The van der Waals surface area contributed by atoms with Gasteiger partial charge < -0.3 is 24.8 Å². The number of amides is 1. The van der Waals surface area contributed by atoms with Gasteiger partial charge in [0.15, 0.2) is 0 Å². The predicted octanol–water partition coefficient (Wildman–Crippen LogP) is 8.18. The van der Waals surface area contributed by atoms with Crippen LogP contribution in [0.4, 0.5) is 23.9 Å². The summed E-state index contributed by atoms with van der Waals surface area (Å²) in [6, 6.07) is 11.0. The summed E-state index contributed by atoms with van der Waals surface area (Å²) in [6.45, 7) is 12.3. The number of anilines is 1. The Labute approximate surface area is 332 Å². The summed E-state index contributed by atoms with van der Waals surface area (Å²) in [5, 5.41) is 12.8. The van der Waals surface area contributed by atoms with Gasteiger partial charge in [0.25, 0.3) is 10.0 Å². The van der Waals surface area contributed by atoms with Crippen molar-refractivity contribution in [1.82, 2.24) is 20.2 Å². The molecule has 56 heavy (non-hydrogen) atoms.